The van der Waals surface area contributed by atoms with Crippen molar-refractivity contribution in [2.45, 2.75) is 24.8 Å². The quantitative estimate of drug-likeness (QED) is 0.720. The summed E-state index contributed by atoms with van der Waals surface area (Å²) in [6.45, 7) is 3.03. The highest BCUT2D eigenvalue weighted by Crippen LogP contribution is 2.25. The van der Waals surface area contributed by atoms with Crippen molar-refractivity contribution in [3.63, 3.8) is 0 Å². The molecule has 0 N–H and O–H groups in total. The standard InChI is InChI=1S/C19H23ClN2O3S/c1-4-12-22(14-15-8-6-5-7-9-15)19(23)16-10-11-17(20)18(13-16)26(24,25)21(2)3/h5-11,13H,4,12,14H2,1-3H3. The fourth-order valence-corrected chi connectivity index (χ4v) is 3.93. The fraction of sp³-hybridized carbons (Fsp3) is 0.316. The van der Waals surface area contributed by atoms with E-state index in [1.165, 1.54) is 26.2 Å². The van der Waals surface area contributed by atoms with E-state index in [0.717, 1.165) is 16.3 Å². The van der Waals surface area contributed by atoms with Crippen molar-refractivity contribution >= 4 is 27.5 Å². The van der Waals surface area contributed by atoms with Crippen molar-refractivity contribution in [3.8, 4) is 0 Å². The number of hydrogen-bond acceptors (Lipinski definition) is 3. The Morgan fingerprint density at radius 3 is 2.31 bits per heavy atom. The van der Waals surface area contributed by atoms with E-state index in [0.29, 0.717) is 18.7 Å². The van der Waals surface area contributed by atoms with Crippen molar-refractivity contribution in [1.29, 1.82) is 0 Å². The van der Waals surface area contributed by atoms with Gasteiger partial charge in [-0.15, -0.1) is 0 Å². The monoisotopic (exact) mass is 394 g/mol. The number of nitrogens with zero attached hydrogens (tertiary/aromatic N) is 2. The second-order valence-corrected chi connectivity index (χ2v) is 8.67. The predicted octanol–water partition coefficient (Wildman–Crippen LogP) is 3.64. The highest BCUT2D eigenvalue weighted by Gasteiger charge is 2.24. The predicted molar refractivity (Wildman–Crippen MR) is 104 cm³/mol. The molecule has 140 valence electrons. The maximum Gasteiger partial charge on any atom is 0.254 e. The zero-order valence-electron chi connectivity index (χ0n) is 15.1. The van der Waals surface area contributed by atoms with Crippen LogP contribution in [0, 0.1) is 0 Å². The van der Waals surface area contributed by atoms with Crippen LogP contribution >= 0.6 is 11.6 Å². The third-order valence-electron chi connectivity index (χ3n) is 3.93. The number of halogens is 1. The first-order valence-electron chi connectivity index (χ1n) is 8.32. The number of sulfonamides is 1. The molecule has 0 spiro atoms. The van der Waals surface area contributed by atoms with Crippen LogP contribution in [0.4, 0.5) is 0 Å². The van der Waals surface area contributed by atoms with Crippen LogP contribution in [-0.4, -0.2) is 44.2 Å². The molecule has 0 heterocycles. The molecule has 2 aromatic rings. The second kappa shape index (κ2) is 8.66. The molecule has 0 radical (unpaired) electrons. The zero-order chi connectivity index (χ0) is 19.3. The van der Waals surface area contributed by atoms with Gasteiger partial charge in [0.05, 0.1) is 5.02 Å². The van der Waals surface area contributed by atoms with Gasteiger partial charge in [0.25, 0.3) is 5.91 Å². The lowest BCUT2D eigenvalue weighted by Gasteiger charge is -2.23. The molecule has 2 aromatic carbocycles. The van der Waals surface area contributed by atoms with Gasteiger partial charge in [0.1, 0.15) is 4.90 Å². The molecule has 0 unspecified atom stereocenters. The number of carbonyl (C=O) groups is 1. The lowest BCUT2D eigenvalue weighted by Crippen LogP contribution is -2.31. The second-order valence-electron chi connectivity index (χ2n) is 6.14. The molecule has 7 heteroatoms. The van der Waals surface area contributed by atoms with Gasteiger partial charge in [0.2, 0.25) is 10.0 Å². The maximum atomic E-state index is 13.0. The summed E-state index contributed by atoms with van der Waals surface area (Å²) in [5.74, 6) is -0.220. The van der Waals surface area contributed by atoms with Gasteiger partial charge in [-0.3, -0.25) is 4.79 Å². The minimum atomic E-state index is -3.73. The van der Waals surface area contributed by atoms with Gasteiger partial charge in [0, 0.05) is 32.7 Å². The molecule has 0 saturated carbocycles. The Morgan fingerprint density at radius 2 is 1.73 bits per heavy atom. The molecule has 0 bridgehead atoms. The average Bonchev–Trinajstić information content (AvgIpc) is 2.61. The van der Waals surface area contributed by atoms with Crippen LogP contribution < -0.4 is 0 Å². The molecule has 0 aliphatic heterocycles. The first kappa shape index (κ1) is 20.4. The summed E-state index contributed by atoms with van der Waals surface area (Å²) in [5.41, 5.74) is 1.32. The minimum absolute atomic E-state index is 0.0637. The lowest BCUT2D eigenvalue weighted by atomic mass is 10.1. The first-order valence-corrected chi connectivity index (χ1v) is 10.1. The van der Waals surface area contributed by atoms with Crippen LogP contribution in [0.1, 0.15) is 29.3 Å². The van der Waals surface area contributed by atoms with Crippen LogP contribution in [-0.2, 0) is 16.6 Å². The smallest absolute Gasteiger partial charge is 0.254 e. The molecule has 0 aliphatic carbocycles. The average molecular weight is 395 g/mol. The molecular weight excluding hydrogens is 372 g/mol. The molecule has 26 heavy (non-hydrogen) atoms. The number of amides is 1. The third kappa shape index (κ3) is 4.63. The SMILES string of the molecule is CCCN(Cc1ccccc1)C(=O)c1ccc(Cl)c(S(=O)(=O)N(C)C)c1. The van der Waals surface area contributed by atoms with Crippen molar-refractivity contribution in [2.24, 2.45) is 0 Å². The molecule has 0 aromatic heterocycles. The van der Waals surface area contributed by atoms with Crippen molar-refractivity contribution < 1.29 is 13.2 Å². The molecule has 5 nitrogen and oxygen atoms in total. The summed E-state index contributed by atoms with van der Waals surface area (Å²) in [6.07, 6.45) is 0.801. The van der Waals surface area contributed by atoms with Crippen molar-refractivity contribution in [2.75, 3.05) is 20.6 Å². The van der Waals surface area contributed by atoms with Gasteiger partial charge in [0.15, 0.2) is 0 Å². The van der Waals surface area contributed by atoms with Crippen LogP contribution in [0.3, 0.4) is 0 Å². The Kier molecular flexibility index (Phi) is 6.81. The zero-order valence-corrected chi connectivity index (χ0v) is 16.7. The largest absolute Gasteiger partial charge is 0.334 e. The summed E-state index contributed by atoms with van der Waals surface area (Å²) >= 11 is 6.07. The highest BCUT2D eigenvalue weighted by atomic mass is 35.5. The molecule has 0 fully saturated rings. The summed E-state index contributed by atoms with van der Waals surface area (Å²) in [5, 5.41) is 0.0975. The van der Waals surface area contributed by atoms with Gasteiger partial charge in [-0.1, -0.05) is 48.9 Å². The Bertz CT molecular complexity index is 868. The summed E-state index contributed by atoms with van der Waals surface area (Å²) in [4.78, 5) is 14.6. The van der Waals surface area contributed by atoms with E-state index < -0.39 is 10.0 Å². The van der Waals surface area contributed by atoms with E-state index in [-0.39, 0.29) is 15.8 Å². The maximum absolute atomic E-state index is 13.0. The molecular formula is C19H23ClN2O3S. The highest BCUT2D eigenvalue weighted by molar-refractivity contribution is 7.89. The lowest BCUT2D eigenvalue weighted by molar-refractivity contribution is 0.0743. The topological polar surface area (TPSA) is 57.7 Å². The summed E-state index contributed by atoms with van der Waals surface area (Å²) in [6, 6.07) is 14.1. The van der Waals surface area contributed by atoms with Gasteiger partial charge in [-0.25, -0.2) is 12.7 Å². The third-order valence-corrected chi connectivity index (χ3v) is 6.23. The van der Waals surface area contributed by atoms with Crippen LogP contribution in [0.2, 0.25) is 5.02 Å². The van der Waals surface area contributed by atoms with E-state index in [1.54, 1.807) is 11.0 Å². The molecule has 0 saturated heterocycles. The molecule has 1 amide bonds. The van der Waals surface area contributed by atoms with Gasteiger partial charge >= 0.3 is 0 Å². The van der Waals surface area contributed by atoms with Gasteiger partial charge in [-0.05, 0) is 30.2 Å². The van der Waals surface area contributed by atoms with Gasteiger partial charge in [-0.2, -0.15) is 0 Å². The van der Waals surface area contributed by atoms with E-state index in [4.69, 9.17) is 11.6 Å². The summed E-state index contributed by atoms with van der Waals surface area (Å²) < 4.78 is 25.9. The normalized spacial score (nSPS) is 11.6. The van der Waals surface area contributed by atoms with E-state index in [9.17, 15) is 13.2 Å². The summed E-state index contributed by atoms with van der Waals surface area (Å²) in [7, 11) is -0.871. The number of carbonyl (C=O) groups excluding carboxylic acids is 1. The van der Waals surface area contributed by atoms with E-state index in [1.807, 2.05) is 37.3 Å². The first-order chi connectivity index (χ1) is 12.3. The fourth-order valence-electron chi connectivity index (χ4n) is 2.54. The Morgan fingerprint density at radius 1 is 1.08 bits per heavy atom. The van der Waals surface area contributed by atoms with Crippen LogP contribution in [0.25, 0.3) is 0 Å². The van der Waals surface area contributed by atoms with Crippen LogP contribution in [0.5, 0.6) is 0 Å². The molecule has 0 aliphatic rings. The van der Waals surface area contributed by atoms with Gasteiger partial charge < -0.3 is 4.90 Å². The Hall–Kier alpha value is -1.89. The molecule has 2 rings (SSSR count). The van der Waals surface area contributed by atoms with E-state index in [2.05, 4.69) is 0 Å². The number of hydrogen-bond donors (Lipinski definition) is 0. The minimum Gasteiger partial charge on any atom is -0.334 e. The van der Waals surface area contributed by atoms with Crippen LogP contribution in [0.15, 0.2) is 53.4 Å². The molecule has 0 atom stereocenters. The number of benzene rings is 2. The van der Waals surface area contributed by atoms with E-state index >= 15 is 0 Å². The Balaban J connectivity index is 2.37. The van der Waals surface area contributed by atoms with Crippen molar-refractivity contribution in [1.82, 2.24) is 9.21 Å². The van der Waals surface area contributed by atoms with Crippen molar-refractivity contribution in [3.05, 3.63) is 64.7 Å². The number of rotatable bonds is 7. The Labute approximate surface area is 160 Å².